The van der Waals surface area contributed by atoms with Crippen LogP contribution in [0.1, 0.15) is 21.6 Å². The third-order valence-corrected chi connectivity index (χ3v) is 3.36. The SMILES string of the molecule is O=C(Nc1ccc2c(c1)CNCC2)c1cc(=O)[nH]c(=O)[nH]1. The molecule has 0 bridgehead atoms. The predicted molar refractivity (Wildman–Crippen MR) is 77.5 cm³/mol. The molecule has 0 fully saturated rings. The van der Waals surface area contributed by atoms with Gasteiger partial charge >= 0.3 is 5.69 Å². The van der Waals surface area contributed by atoms with Gasteiger partial charge in [0.05, 0.1) is 0 Å². The summed E-state index contributed by atoms with van der Waals surface area (Å²) in [5, 5.41) is 5.94. The second-order valence-electron chi connectivity index (χ2n) is 4.87. The lowest BCUT2D eigenvalue weighted by Gasteiger charge is -2.18. The zero-order valence-electron chi connectivity index (χ0n) is 11.2. The van der Waals surface area contributed by atoms with Crippen molar-refractivity contribution in [3.63, 3.8) is 0 Å². The van der Waals surface area contributed by atoms with Crippen molar-refractivity contribution in [2.24, 2.45) is 0 Å². The lowest BCUT2D eigenvalue weighted by Crippen LogP contribution is -2.27. The van der Waals surface area contributed by atoms with Crippen molar-refractivity contribution < 1.29 is 4.79 Å². The van der Waals surface area contributed by atoms with Gasteiger partial charge in [0.25, 0.3) is 11.5 Å². The quantitative estimate of drug-likeness (QED) is 0.621. The average Bonchev–Trinajstić information content (AvgIpc) is 2.46. The van der Waals surface area contributed by atoms with E-state index in [0.717, 1.165) is 31.1 Å². The number of benzene rings is 1. The minimum atomic E-state index is -0.706. The van der Waals surface area contributed by atoms with E-state index in [9.17, 15) is 14.4 Å². The number of aromatic amines is 2. The summed E-state index contributed by atoms with van der Waals surface area (Å²) in [7, 11) is 0. The molecular weight excluding hydrogens is 272 g/mol. The normalized spacial score (nSPS) is 13.5. The number of hydrogen-bond donors (Lipinski definition) is 4. The van der Waals surface area contributed by atoms with E-state index in [-0.39, 0.29) is 5.69 Å². The molecule has 0 radical (unpaired) electrons. The number of carbonyl (C=O) groups excluding carboxylic acids is 1. The standard InChI is InChI=1S/C14H14N4O3/c19-12-6-11(17-14(21)18-12)13(20)16-10-2-1-8-3-4-15-7-9(8)5-10/h1-2,5-6,15H,3-4,7H2,(H,16,20)(H2,17,18,19,21). The molecule has 1 aromatic heterocycles. The zero-order chi connectivity index (χ0) is 14.8. The van der Waals surface area contributed by atoms with E-state index in [2.05, 4.69) is 15.6 Å². The smallest absolute Gasteiger partial charge is 0.321 e. The molecule has 2 heterocycles. The molecule has 21 heavy (non-hydrogen) atoms. The monoisotopic (exact) mass is 286 g/mol. The minimum absolute atomic E-state index is 0.0698. The number of hydrogen-bond acceptors (Lipinski definition) is 4. The second-order valence-corrected chi connectivity index (χ2v) is 4.87. The predicted octanol–water partition coefficient (Wildman–Crippen LogP) is -0.0388. The first-order valence-electron chi connectivity index (χ1n) is 6.59. The van der Waals surface area contributed by atoms with Gasteiger partial charge in [0.2, 0.25) is 0 Å². The lowest BCUT2D eigenvalue weighted by atomic mass is 10.0. The summed E-state index contributed by atoms with van der Waals surface area (Å²) < 4.78 is 0. The largest absolute Gasteiger partial charge is 0.326 e. The highest BCUT2D eigenvalue weighted by Gasteiger charge is 2.12. The number of rotatable bonds is 2. The van der Waals surface area contributed by atoms with Gasteiger partial charge in [-0.05, 0) is 36.2 Å². The van der Waals surface area contributed by atoms with Crippen LogP contribution in [-0.2, 0) is 13.0 Å². The van der Waals surface area contributed by atoms with E-state index in [4.69, 9.17) is 0 Å². The topological polar surface area (TPSA) is 107 Å². The van der Waals surface area contributed by atoms with Crippen molar-refractivity contribution in [2.45, 2.75) is 13.0 Å². The van der Waals surface area contributed by atoms with Crippen LogP contribution in [0.4, 0.5) is 5.69 Å². The number of nitrogens with one attached hydrogen (secondary N) is 4. The third kappa shape index (κ3) is 2.92. The van der Waals surface area contributed by atoms with Crippen molar-refractivity contribution in [1.29, 1.82) is 0 Å². The van der Waals surface area contributed by atoms with Crippen molar-refractivity contribution in [1.82, 2.24) is 15.3 Å². The minimum Gasteiger partial charge on any atom is -0.321 e. The number of fused-ring (bicyclic) bond motifs is 1. The van der Waals surface area contributed by atoms with Gasteiger partial charge in [0.1, 0.15) is 5.69 Å². The average molecular weight is 286 g/mol. The Kier molecular flexibility index (Phi) is 3.41. The number of anilines is 1. The number of amides is 1. The Morgan fingerprint density at radius 1 is 1.10 bits per heavy atom. The van der Waals surface area contributed by atoms with Crippen LogP contribution in [0.3, 0.4) is 0 Å². The van der Waals surface area contributed by atoms with Crippen molar-refractivity contribution in [3.8, 4) is 0 Å². The summed E-state index contributed by atoms with van der Waals surface area (Å²) >= 11 is 0. The Hall–Kier alpha value is -2.67. The highest BCUT2D eigenvalue weighted by atomic mass is 16.2. The Morgan fingerprint density at radius 3 is 2.76 bits per heavy atom. The number of aromatic nitrogens is 2. The molecule has 7 nitrogen and oxygen atoms in total. The summed E-state index contributed by atoms with van der Waals surface area (Å²) in [5.41, 5.74) is 1.64. The van der Waals surface area contributed by atoms with E-state index in [1.165, 1.54) is 5.56 Å². The van der Waals surface area contributed by atoms with Crippen molar-refractivity contribution in [2.75, 3.05) is 11.9 Å². The summed E-state index contributed by atoms with van der Waals surface area (Å²) in [6.07, 6.45) is 0.963. The van der Waals surface area contributed by atoms with E-state index in [1.807, 2.05) is 23.2 Å². The van der Waals surface area contributed by atoms with Gasteiger partial charge in [-0.3, -0.25) is 14.6 Å². The van der Waals surface area contributed by atoms with Crippen LogP contribution in [0.2, 0.25) is 0 Å². The van der Waals surface area contributed by atoms with E-state index in [1.54, 1.807) is 0 Å². The van der Waals surface area contributed by atoms with Gasteiger partial charge in [0.15, 0.2) is 0 Å². The van der Waals surface area contributed by atoms with Gasteiger partial charge in [0, 0.05) is 18.3 Å². The molecule has 7 heteroatoms. The Bertz CT molecular complexity index is 778. The molecule has 1 amide bonds. The van der Waals surface area contributed by atoms with Gasteiger partial charge in [-0.2, -0.15) is 0 Å². The molecule has 2 aromatic rings. The van der Waals surface area contributed by atoms with Crippen LogP contribution >= 0.6 is 0 Å². The molecule has 3 rings (SSSR count). The lowest BCUT2D eigenvalue weighted by molar-refractivity contribution is 0.102. The molecule has 0 saturated heterocycles. The summed E-state index contributed by atoms with van der Waals surface area (Å²) in [6, 6.07) is 6.74. The molecule has 0 spiro atoms. The molecular formula is C14H14N4O3. The second kappa shape index (κ2) is 5.37. The molecule has 0 unspecified atom stereocenters. The van der Waals surface area contributed by atoms with Crippen LogP contribution < -0.4 is 21.9 Å². The molecule has 108 valence electrons. The molecule has 0 atom stereocenters. The Labute approximate surface area is 119 Å². The van der Waals surface area contributed by atoms with Gasteiger partial charge in [-0.25, -0.2) is 4.79 Å². The van der Waals surface area contributed by atoms with Crippen molar-refractivity contribution in [3.05, 3.63) is 61.9 Å². The fourth-order valence-corrected chi connectivity index (χ4v) is 2.35. The molecule has 1 aliphatic rings. The van der Waals surface area contributed by atoms with E-state index < -0.39 is 17.2 Å². The first kappa shape index (κ1) is 13.3. The number of carbonyl (C=O) groups is 1. The molecule has 0 aliphatic carbocycles. The first-order valence-corrected chi connectivity index (χ1v) is 6.59. The van der Waals surface area contributed by atoms with Crippen LogP contribution in [0.15, 0.2) is 33.9 Å². The fraction of sp³-hybridized carbons (Fsp3) is 0.214. The van der Waals surface area contributed by atoms with Crippen LogP contribution in [0.25, 0.3) is 0 Å². The molecule has 1 aliphatic heterocycles. The van der Waals surface area contributed by atoms with Gasteiger partial charge in [-0.1, -0.05) is 6.07 Å². The van der Waals surface area contributed by atoms with Crippen LogP contribution in [-0.4, -0.2) is 22.4 Å². The maximum absolute atomic E-state index is 12.0. The van der Waals surface area contributed by atoms with Gasteiger partial charge < -0.3 is 15.6 Å². The summed E-state index contributed by atoms with van der Waals surface area (Å²) in [6.45, 7) is 1.72. The van der Waals surface area contributed by atoms with E-state index in [0.29, 0.717) is 5.69 Å². The Balaban J connectivity index is 1.84. The van der Waals surface area contributed by atoms with E-state index >= 15 is 0 Å². The molecule has 1 aromatic carbocycles. The highest BCUT2D eigenvalue weighted by Crippen LogP contribution is 2.19. The van der Waals surface area contributed by atoms with Crippen LogP contribution in [0.5, 0.6) is 0 Å². The molecule has 0 saturated carbocycles. The Morgan fingerprint density at radius 2 is 1.95 bits per heavy atom. The molecule has 4 N–H and O–H groups in total. The zero-order valence-corrected chi connectivity index (χ0v) is 11.2. The summed E-state index contributed by atoms with van der Waals surface area (Å²) in [4.78, 5) is 38.7. The number of H-pyrrole nitrogens is 2. The van der Waals surface area contributed by atoms with Crippen molar-refractivity contribution >= 4 is 11.6 Å². The fourth-order valence-electron chi connectivity index (χ4n) is 2.35. The summed E-state index contributed by atoms with van der Waals surface area (Å²) in [5.74, 6) is -0.526. The van der Waals surface area contributed by atoms with Gasteiger partial charge in [-0.15, -0.1) is 0 Å². The van der Waals surface area contributed by atoms with Crippen LogP contribution in [0, 0.1) is 0 Å². The maximum atomic E-state index is 12.0. The maximum Gasteiger partial charge on any atom is 0.326 e. The highest BCUT2D eigenvalue weighted by molar-refractivity contribution is 6.02. The first-order chi connectivity index (χ1) is 10.1. The third-order valence-electron chi connectivity index (χ3n) is 3.36.